The van der Waals surface area contributed by atoms with Gasteiger partial charge in [-0.2, -0.15) is 0 Å². The zero-order valence-electron chi connectivity index (χ0n) is 9.97. The van der Waals surface area contributed by atoms with Crippen molar-refractivity contribution in [1.82, 2.24) is 5.32 Å². The van der Waals surface area contributed by atoms with E-state index in [0.717, 1.165) is 25.8 Å². The van der Waals surface area contributed by atoms with Gasteiger partial charge >= 0.3 is 0 Å². The first-order valence-electron chi connectivity index (χ1n) is 5.80. The molecule has 3 heteroatoms. The molecule has 0 saturated heterocycles. The maximum absolute atomic E-state index is 13.8. The van der Waals surface area contributed by atoms with Gasteiger partial charge in [0, 0.05) is 23.0 Å². The number of hydrogen-bond acceptors (Lipinski definition) is 1. The molecule has 1 rings (SSSR count). The largest absolute Gasteiger partial charge is 0.310 e. The standard InChI is InChI=1S/C14H17ClFN/c1-3-5-6-7-14(17-4-2)12-9-8-11(15)10-13(12)16/h1,8-10,14,17H,4-7H2,2H3. The molecule has 0 saturated carbocycles. The minimum Gasteiger partial charge on any atom is -0.310 e. The number of halogens is 2. The third-order valence-electron chi connectivity index (χ3n) is 2.60. The SMILES string of the molecule is C#CCCCC(NCC)c1ccc(Cl)cc1F. The van der Waals surface area contributed by atoms with Crippen LogP contribution >= 0.6 is 11.6 Å². The molecule has 0 amide bonds. The van der Waals surface area contributed by atoms with Gasteiger partial charge in [-0.05, 0) is 31.5 Å². The van der Waals surface area contributed by atoms with Crippen molar-refractivity contribution in [1.29, 1.82) is 0 Å². The molecule has 0 aliphatic heterocycles. The second kappa shape index (κ2) is 7.32. The van der Waals surface area contributed by atoms with Crippen molar-refractivity contribution in [2.24, 2.45) is 0 Å². The number of unbranched alkanes of at least 4 members (excludes halogenated alkanes) is 1. The van der Waals surface area contributed by atoms with Crippen molar-refractivity contribution in [2.45, 2.75) is 32.2 Å². The molecule has 1 nitrogen and oxygen atoms in total. The van der Waals surface area contributed by atoms with E-state index in [9.17, 15) is 4.39 Å². The first-order chi connectivity index (χ1) is 8.19. The van der Waals surface area contributed by atoms with Gasteiger partial charge in [-0.1, -0.05) is 24.6 Å². The average molecular weight is 254 g/mol. The van der Waals surface area contributed by atoms with Crippen LogP contribution < -0.4 is 5.32 Å². The molecular weight excluding hydrogens is 237 g/mol. The van der Waals surface area contributed by atoms with Crippen LogP contribution in [0.1, 0.15) is 37.8 Å². The second-order valence-electron chi connectivity index (χ2n) is 3.87. The van der Waals surface area contributed by atoms with Gasteiger partial charge in [0.15, 0.2) is 0 Å². The summed E-state index contributed by atoms with van der Waals surface area (Å²) in [7, 11) is 0. The maximum atomic E-state index is 13.8. The van der Waals surface area contributed by atoms with Crippen LogP contribution in [-0.4, -0.2) is 6.54 Å². The highest BCUT2D eigenvalue weighted by molar-refractivity contribution is 6.30. The Balaban J connectivity index is 2.78. The number of benzene rings is 1. The van der Waals surface area contributed by atoms with Crippen LogP contribution in [0.3, 0.4) is 0 Å². The molecule has 1 N–H and O–H groups in total. The van der Waals surface area contributed by atoms with E-state index in [0.29, 0.717) is 10.6 Å². The van der Waals surface area contributed by atoms with Crippen LogP contribution in [0.15, 0.2) is 18.2 Å². The zero-order valence-corrected chi connectivity index (χ0v) is 10.7. The Labute approximate surface area is 107 Å². The van der Waals surface area contributed by atoms with E-state index < -0.39 is 0 Å². The van der Waals surface area contributed by atoms with Crippen molar-refractivity contribution < 1.29 is 4.39 Å². The quantitative estimate of drug-likeness (QED) is 0.598. The van der Waals surface area contributed by atoms with Gasteiger partial charge in [-0.15, -0.1) is 12.3 Å². The van der Waals surface area contributed by atoms with Gasteiger partial charge in [0.2, 0.25) is 0 Å². The molecule has 0 radical (unpaired) electrons. The van der Waals surface area contributed by atoms with Gasteiger partial charge < -0.3 is 5.32 Å². The minimum atomic E-state index is -0.260. The molecule has 0 fully saturated rings. The van der Waals surface area contributed by atoms with Gasteiger partial charge in [-0.3, -0.25) is 0 Å². The Hall–Kier alpha value is -1.04. The fourth-order valence-electron chi connectivity index (χ4n) is 1.81. The third-order valence-corrected chi connectivity index (χ3v) is 2.84. The summed E-state index contributed by atoms with van der Waals surface area (Å²) in [5.41, 5.74) is 0.660. The van der Waals surface area contributed by atoms with E-state index in [2.05, 4.69) is 11.2 Å². The molecule has 1 aromatic rings. The first-order valence-corrected chi connectivity index (χ1v) is 6.18. The van der Waals surface area contributed by atoms with Gasteiger partial charge in [-0.25, -0.2) is 4.39 Å². The lowest BCUT2D eigenvalue weighted by molar-refractivity contribution is 0.475. The van der Waals surface area contributed by atoms with Crippen LogP contribution in [-0.2, 0) is 0 Å². The normalized spacial score (nSPS) is 12.1. The molecule has 0 heterocycles. The summed E-state index contributed by atoms with van der Waals surface area (Å²) in [4.78, 5) is 0. The fraction of sp³-hybridized carbons (Fsp3) is 0.429. The highest BCUT2D eigenvalue weighted by Crippen LogP contribution is 2.24. The molecule has 1 unspecified atom stereocenters. The molecule has 1 atom stereocenters. The molecular formula is C14H17ClFN. The van der Waals surface area contributed by atoms with Crippen molar-refractivity contribution in [3.8, 4) is 12.3 Å². The summed E-state index contributed by atoms with van der Waals surface area (Å²) < 4.78 is 13.8. The lowest BCUT2D eigenvalue weighted by Gasteiger charge is -2.18. The minimum absolute atomic E-state index is 0.00520. The third kappa shape index (κ3) is 4.38. The second-order valence-corrected chi connectivity index (χ2v) is 4.31. The van der Waals surface area contributed by atoms with Gasteiger partial charge in [0.05, 0.1) is 0 Å². The molecule has 0 bridgehead atoms. The monoisotopic (exact) mass is 253 g/mol. The molecule has 1 aromatic carbocycles. The van der Waals surface area contributed by atoms with Crippen molar-refractivity contribution in [3.05, 3.63) is 34.6 Å². The average Bonchev–Trinajstić information content (AvgIpc) is 2.28. The zero-order chi connectivity index (χ0) is 12.7. The smallest absolute Gasteiger partial charge is 0.129 e. The summed E-state index contributed by atoms with van der Waals surface area (Å²) in [6.07, 6.45) is 7.65. The van der Waals surface area contributed by atoms with Crippen LogP contribution in [0.4, 0.5) is 4.39 Å². The van der Waals surface area contributed by atoms with E-state index in [-0.39, 0.29) is 11.9 Å². The summed E-state index contributed by atoms with van der Waals surface area (Å²) in [6, 6.07) is 4.81. The van der Waals surface area contributed by atoms with Crippen molar-refractivity contribution in [2.75, 3.05) is 6.54 Å². The molecule has 17 heavy (non-hydrogen) atoms. The van der Waals surface area contributed by atoms with Gasteiger partial charge in [0.1, 0.15) is 5.82 Å². The van der Waals surface area contributed by atoms with Crippen LogP contribution in [0.2, 0.25) is 5.02 Å². The lowest BCUT2D eigenvalue weighted by atomic mass is 10.0. The highest BCUT2D eigenvalue weighted by Gasteiger charge is 2.14. The molecule has 0 aliphatic carbocycles. The van der Waals surface area contributed by atoms with E-state index >= 15 is 0 Å². The summed E-state index contributed by atoms with van der Waals surface area (Å²) >= 11 is 5.74. The van der Waals surface area contributed by atoms with Crippen LogP contribution in [0.25, 0.3) is 0 Å². The van der Waals surface area contributed by atoms with E-state index in [1.54, 1.807) is 12.1 Å². The molecule has 0 aromatic heterocycles. The van der Waals surface area contributed by atoms with Crippen molar-refractivity contribution in [3.63, 3.8) is 0 Å². The van der Waals surface area contributed by atoms with E-state index in [1.165, 1.54) is 6.07 Å². The number of rotatable bonds is 6. The Morgan fingerprint density at radius 2 is 2.29 bits per heavy atom. The van der Waals surface area contributed by atoms with Crippen LogP contribution in [0.5, 0.6) is 0 Å². The summed E-state index contributed by atoms with van der Waals surface area (Å²) in [5.74, 6) is 2.34. The van der Waals surface area contributed by atoms with Gasteiger partial charge in [0.25, 0.3) is 0 Å². The Morgan fingerprint density at radius 3 is 2.88 bits per heavy atom. The first kappa shape index (κ1) is 14.0. The lowest BCUT2D eigenvalue weighted by Crippen LogP contribution is -2.21. The number of hydrogen-bond donors (Lipinski definition) is 1. The van der Waals surface area contributed by atoms with Crippen LogP contribution in [0, 0.1) is 18.2 Å². The number of terminal acetylenes is 1. The Kier molecular flexibility index (Phi) is 6.04. The molecule has 92 valence electrons. The van der Waals surface area contributed by atoms with E-state index in [1.807, 2.05) is 6.92 Å². The molecule has 0 aliphatic rings. The fourth-order valence-corrected chi connectivity index (χ4v) is 1.97. The maximum Gasteiger partial charge on any atom is 0.129 e. The predicted molar refractivity (Wildman–Crippen MR) is 70.5 cm³/mol. The Morgan fingerprint density at radius 1 is 1.53 bits per heavy atom. The van der Waals surface area contributed by atoms with E-state index in [4.69, 9.17) is 18.0 Å². The van der Waals surface area contributed by atoms with Crippen molar-refractivity contribution >= 4 is 11.6 Å². The topological polar surface area (TPSA) is 12.0 Å². The predicted octanol–water partition coefficient (Wildman–Crippen LogP) is 3.93. The molecule has 0 spiro atoms. The Bertz CT molecular complexity index is 398. The summed E-state index contributed by atoms with van der Waals surface area (Å²) in [6.45, 7) is 2.80. The highest BCUT2D eigenvalue weighted by atomic mass is 35.5. The number of nitrogens with one attached hydrogen (secondary N) is 1. The summed E-state index contributed by atoms with van der Waals surface area (Å²) in [5, 5.41) is 3.69.